The Labute approximate surface area is 178 Å². The van der Waals surface area contributed by atoms with Crippen LogP contribution < -0.4 is 5.32 Å². The third-order valence-electron chi connectivity index (χ3n) is 5.67. The number of nitrogens with one attached hydrogen (secondary N) is 1. The molecule has 0 radical (unpaired) electrons. The number of hydrogen-bond acceptors (Lipinski definition) is 5. The lowest BCUT2D eigenvalue weighted by Crippen LogP contribution is -2.43. The summed E-state index contributed by atoms with van der Waals surface area (Å²) in [6.45, 7) is 3.01. The number of aromatic nitrogens is 2. The topological polar surface area (TPSA) is 93.5 Å². The minimum atomic E-state index is -0.260. The molecule has 0 aliphatic carbocycles. The zero-order chi connectivity index (χ0) is 21.4. The second-order valence-electron chi connectivity index (χ2n) is 7.72. The van der Waals surface area contributed by atoms with E-state index >= 15 is 0 Å². The number of benzene rings is 1. The average Bonchev–Trinajstić information content (AvgIpc) is 3.52. The Hall–Kier alpha value is -3.81. The number of nitrogens with zero attached hydrogens (tertiary/aromatic N) is 3. The third kappa shape index (κ3) is 3.61. The highest BCUT2D eigenvalue weighted by molar-refractivity contribution is 5.99. The average molecular weight is 418 g/mol. The molecular formula is C23H22N4O4. The number of aryl methyl sites for hydroxylation is 1. The first kappa shape index (κ1) is 19.2. The van der Waals surface area contributed by atoms with Crippen molar-refractivity contribution in [2.24, 2.45) is 0 Å². The molecule has 0 saturated heterocycles. The second-order valence-corrected chi connectivity index (χ2v) is 7.72. The fourth-order valence-electron chi connectivity index (χ4n) is 4.10. The zero-order valence-electron chi connectivity index (χ0n) is 17.1. The van der Waals surface area contributed by atoms with Gasteiger partial charge in [-0.3, -0.25) is 14.3 Å². The van der Waals surface area contributed by atoms with Crippen LogP contribution in [0.15, 0.2) is 63.8 Å². The Morgan fingerprint density at radius 3 is 2.87 bits per heavy atom. The highest BCUT2D eigenvalue weighted by Gasteiger charge is 2.32. The number of carbonyl (C=O) groups is 2. The van der Waals surface area contributed by atoms with Gasteiger partial charge in [0.05, 0.1) is 37.5 Å². The van der Waals surface area contributed by atoms with E-state index in [1.54, 1.807) is 23.4 Å². The summed E-state index contributed by atoms with van der Waals surface area (Å²) in [5.74, 6) is 0.725. The smallest absolute Gasteiger partial charge is 0.290 e. The molecular weight excluding hydrogens is 396 g/mol. The molecule has 31 heavy (non-hydrogen) atoms. The number of rotatable bonds is 5. The lowest BCUT2D eigenvalue weighted by molar-refractivity contribution is -0.122. The molecule has 0 saturated carbocycles. The van der Waals surface area contributed by atoms with Crippen molar-refractivity contribution in [2.75, 3.05) is 6.54 Å². The van der Waals surface area contributed by atoms with Gasteiger partial charge in [0.15, 0.2) is 5.76 Å². The van der Waals surface area contributed by atoms with Crippen molar-refractivity contribution < 1.29 is 18.4 Å². The normalized spacial score (nSPS) is 15.8. The zero-order valence-corrected chi connectivity index (χ0v) is 17.1. The predicted octanol–water partition coefficient (Wildman–Crippen LogP) is 3.43. The van der Waals surface area contributed by atoms with Gasteiger partial charge in [-0.05, 0) is 31.2 Å². The summed E-state index contributed by atoms with van der Waals surface area (Å²) < 4.78 is 13.0. The minimum absolute atomic E-state index is 0.128. The first-order valence-electron chi connectivity index (χ1n) is 10.2. The maximum Gasteiger partial charge on any atom is 0.290 e. The van der Waals surface area contributed by atoms with E-state index in [2.05, 4.69) is 10.4 Å². The number of amides is 2. The van der Waals surface area contributed by atoms with Gasteiger partial charge in [0.2, 0.25) is 5.91 Å². The summed E-state index contributed by atoms with van der Waals surface area (Å²) in [7, 11) is 0. The predicted molar refractivity (Wildman–Crippen MR) is 112 cm³/mol. The van der Waals surface area contributed by atoms with Gasteiger partial charge in [-0.1, -0.05) is 18.2 Å². The molecule has 0 spiro atoms. The van der Waals surface area contributed by atoms with E-state index in [4.69, 9.17) is 8.83 Å². The molecule has 1 atom stereocenters. The molecule has 0 unspecified atom stereocenters. The van der Waals surface area contributed by atoms with Crippen molar-refractivity contribution in [1.29, 1.82) is 0 Å². The number of carbonyl (C=O) groups excluding carboxylic acids is 2. The second kappa shape index (κ2) is 7.79. The van der Waals surface area contributed by atoms with Crippen LogP contribution in [-0.2, 0) is 17.9 Å². The summed E-state index contributed by atoms with van der Waals surface area (Å²) in [5.41, 5.74) is 2.41. The molecule has 1 aliphatic rings. The Morgan fingerprint density at radius 2 is 2.06 bits per heavy atom. The molecule has 8 heteroatoms. The van der Waals surface area contributed by atoms with Crippen LogP contribution in [0.5, 0.6) is 0 Å². The standard InChI is InChI=1S/C23H22N4O4/c1-15-19-6-2-3-7-20(19)31-22(15)23(29)26-13-16-8-9-25-27(16)17(14-26)11-21(28)24-12-18-5-4-10-30-18/h2-10,17H,11-14H2,1H3,(H,24,28)/t17-/m1/s1. The van der Waals surface area contributed by atoms with E-state index < -0.39 is 0 Å². The van der Waals surface area contributed by atoms with Crippen molar-refractivity contribution in [1.82, 2.24) is 20.0 Å². The van der Waals surface area contributed by atoms with Crippen molar-refractivity contribution in [3.8, 4) is 0 Å². The van der Waals surface area contributed by atoms with E-state index in [-0.39, 0.29) is 24.3 Å². The fourth-order valence-corrected chi connectivity index (χ4v) is 4.10. The lowest BCUT2D eigenvalue weighted by Gasteiger charge is -2.33. The van der Waals surface area contributed by atoms with Crippen molar-refractivity contribution >= 4 is 22.8 Å². The lowest BCUT2D eigenvalue weighted by atomic mass is 10.1. The van der Waals surface area contributed by atoms with Crippen LogP contribution in [0.3, 0.4) is 0 Å². The highest BCUT2D eigenvalue weighted by Crippen LogP contribution is 2.29. The summed E-state index contributed by atoms with van der Waals surface area (Å²) in [5, 5.41) is 8.17. The summed E-state index contributed by atoms with van der Waals surface area (Å²) in [6, 6.07) is 12.8. The molecule has 4 heterocycles. The molecule has 5 rings (SSSR count). The molecule has 1 N–H and O–H groups in total. The van der Waals surface area contributed by atoms with E-state index in [9.17, 15) is 9.59 Å². The van der Waals surface area contributed by atoms with E-state index in [0.717, 1.165) is 16.6 Å². The van der Waals surface area contributed by atoms with Crippen LogP contribution in [0.2, 0.25) is 0 Å². The molecule has 8 nitrogen and oxygen atoms in total. The molecule has 1 aromatic carbocycles. The van der Waals surface area contributed by atoms with Gasteiger partial charge < -0.3 is 19.1 Å². The summed E-state index contributed by atoms with van der Waals surface area (Å²) in [6.07, 6.45) is 3.48. The Morgan fingerprint density at radius 1 is 1.19 bits per heavy atom. The molecule has 2 amide bonds. The van der Waals surface area contributed by atoms with E-state index in [0.29, 0.717) is 36.7 Å². The van der Waals surface area contributed by atoms with Gasteiger partial charge in [0.1, 0.15) is 11.3 Å². The summed E-state index contributed by atoms with van der Waals surface area (Å²) >= 11 is 0. The first-order valence-corrected chi connectivity index (χ1v) is 10.2. The van der Waals surface area contributed by atoms with Crippen molar-refractivity contribution in [2.45, 2.75) is 32.5 Å². The molecule has 158 valence electrons. The maximum atomic E-state index is 13.3. The number of hydrogen-bond donors (Lipinski definition) is 1. The van der Waals surface area contributed by atoms with Crippen LogP contribution in [0.25, 0.3) is 11.0 Å². The maximum absolute atomic E-state index is 13.3. The monoisotopic (exact) mass is 418 g/mol. The quantitative estimate of drug-likeness (QED) is 0.536. The van der Waals surface area contributed by atoms with Crippen LogP contribution in [0.1, 0.15) is 40.0 Å². The van der Waals surface area contributed by atoms with Crippen molar-refractivity contribution in [3.63, 3.8) is 0 Å². The largest absolute Gasteiger partial charge is 0.467 e. The van der Waals surface area contributed by atoms with Gasteiger partial charge in [-0.2, -0.15) is 5.10 Å². The Bertz CT molecular complexity index is 1240. The fraction of sp³-hybridized carbons (Fsp3) is 0.261. The minimum Gasteiger partial charge on any atom is -0.467 e. The third-order valence-corrected chi connectivity index (χ3v) is 5.67. The Kier molecular flexibility index (Phi) is 4.82. The van der Waals surface area contributed by atoms with Gasteiger partial charge in [0, 0.05) is 23.7 Å². The van der Waals surface area contributed by atoms with Crippen LogP contribution in [0, 0.1) is 6.92 Å². The van der Waals surface area contributed by atoms with Gasteiger partial charge in [-0.15, -0.1) is 0 Å². The number of fused-ring (bicyclic) bond motifs is 2. The van der Waals surface area contributed by atoms with E-state index in [1.807, 2.05) is 48.0 Å². The van der Waals surface area contributed by atoms with Gasteiger partial charge in [-0.25, -0.2) is 0 Å². The van der Waals surface area contributed by atoms with Gasteiger partial charge in [0.25, 0.3) is 5.91 Å². The van der Waals surface area contributed by atoms with Crippen molar-refractivity contribution in [3.05, 3.63) is 77.7 Å². The van der Waals surface area contributed by atoms with Crippen LogP contribution in [-0.4, -0.2) is 33.0 Å². The highest BCUT2D eigenvalue weighted by atomic mass is 16.3. The Balaban J connectivity index is 1.34. The number of furan rings is 2. The van der Waals surface area contributed by atoms with Crippen LogP contribution in [0.4, 0.5) is 0 Å². The molecule has 1 aliphatic heterocycles. The first-order chi connectivity index (χ1) is 15.1. The molecule has 4 aromatic rings. The molecule has 0 bridgehead atoms. The van der Waals surface area contributed by atoms with Gasteiger partial charge >= 0.3 is 0 Å². The SMILES string of the molecule is Cc1c(C(=O)N2Cc3ccnn3[C@H](CC(=O)NCc3ccco3)C2)oc2ccccc12. The number of para-hydroxylation sites is 1. The van der Waals surface area contributed by atoms with Crippen LogP contribution >= 0.6 is 0 Å². The summed E-state index contributed by atoms with van der Waals surface area (Å²) in [4.78, 5) is 27.6. The molecule has 3 aromatic heterocycles. The van der Waals surface area contributed by atoms with E-state index in [1.165, 1.54) is 0 Å². The molecule has 0 fully saturated rings.